The number of piperidine rings is 1. The molecule has 0 spiro atoms. The highest BCUT2D eigenvalue weighted by molar-refractivity contribution is 6.03. The lowest BCUT2D eigenvalue weighted by atomic mass is 9.99. The van der Waals surface area contributed by atoms with Crippen LogP contribution in [-0.2, 0) is 14.1 Å². The fraction of sp³-hybridized carbons (Fsp3) is 0.421. The second-order valence-corrected chi connectivity index (χ2v) is 6.97. The molecule has 0 saturated carbocycles. The van der Waals surface area contributed by atoms with Crippen molar-refractivity contribution in [2.45, 2.75) is 19.8 Å². The molecule has 7 nitrogen and oxygen atoms in total. The fourth-order valence-corrected chi connectivity index (χ4v) is 3.18. The van der Waals surface area contributed by atoms with Crippen LogP contribution in [0, 0.1) is 5.92 Å². The second-order valence-electron chi connectivity index (χ2n) is 6.97. The lowest BCUT2D eigenvalue weighted by Crippen LogP contribution is -2.40. The van der Waals surface area contributed by atoms with Crippen LogP contribution in [-0.4, -0.2) is 28.1 Å². The van der Waals surface area contributed by atoms with Gasteiger partial charge in [-0.15, -0.1) is 0 Å². The highest BCUT2D eigenvalue weighted by atomic mass is 16.2. The van der Waals surface area contributed by atoms with Crippen molar-refractivity contribution in [3.8, 4) is 0 Å². The van der Waals surface area contributed by atoms with Crippen LogP contribution >= 0.6 is 0 Å². The third-order valence-corrected chi connectivity index (χ3v) is 4.97. The van der Waals surface area contributed by atoms with E-state index >= 15 is 0 Å². The number of benzene rings is 1. The van der Waals surface area contributed by atoms with Crippen molar-refractivity contribution in [2.75, 3.05) is 23.3 Å². The predicted octanol–water partition coefficient (Wildman–Crippen LogP) is 1.57. The van der Waals surface area contributed by atoms with Gasteiger partial charge < -0.3 is 14.8 Å². The van der Waals surface area contributed by atoms with Gasteiger partial charge in [-0.05, 0) is 43.0 Å². The second kappa shape index (κ2) is 7.19. The van der Waals surface area contributed by atoms with Crippen LogP contribution in [0.2, 0.25) is 0 Å². The van der Waals surface area contributed by atoms with Gasteiger partial charge in [0.25, 0.3) is 11.5 Å². The van der Waals surface area contributed by atoms with Crippen LogP contribution in [0.25, 0.3) is 0 Å². The minimum atomic E-state index is -0.607. The smallest absolute Gasteiger partial charge is 0.330 e. The molecule has 1 saturated heterocycles. The van der Waals surface area contributed by atoms with Gasteiger partial charge in [-0.1, -0.05) is 6.92 Å². The first-order chi connectivity index (χ1) is 12.4. The number of hydrogen-bond acceptors (Lipinski definition) is 4. The van der Waals surface area contributed by atoms with E-state index in [0.29, 0.717) is 5.69 Å². The van der Waals surface area contributed by atoms with Crippen molar-refractivity contribution >= 4 is 17.3 Å². The number of carbonyl (C=O) groups is 1. The number of hydrogen-bond donors (Lipinski definition) is 1. The summed E-state index contributed by atoms with van der Waals surface area (Å²) in [6, 6.07) is 7.62. The Labute approximate surface area is 151 Å². The first kappa shape index (κ1) is 18.0. The van der Waals surface area contributed by atoms with E-state index in [2.05, 4.69) is 17.1 Å². The van der Waals surface area contributed by atoms with Gasteiger partial charge >= 0.3 is 5.69 Å². The minimum Gasteiger partial charge on any atom is -0.372 e. The summed E-state index contributed by atoms with van der Waals surface area (Å²) >= 11 is 0. The molecule has 1 amide bonds. The fourth-order valence-electron chi connectivity index (χ4n) is 3.18. The van der Waals surface area contributed by atoms with Crippen LogP contribution in [0.4, 0.5) is 11.4 Å². The summed E-state index contributed by atoms with van der Waals surface area (Å²) in [6.45, 7) is 4.36. The molecule has 1 N–H and O–H groups in total. The number of nitrogens with one attached hydrogen (secondary N) is 1. The van der Waals surface area contributed by atoms with Crippen molar-refractivity contribution in [1.82, 2.24) is 9.13 Å². The molecule has 26 heavy (non-hydrogen) atoms. The van der Waals surface area contributed by atoms with Gasteiger partial charge in [0.05, 0.1) is 0 Å². The van der Waals surface area contributed by atoms with E-state index in [0.717, 1.165) is 29.3 Å². The molecule has 138 valence electrons. The van der Waals surface area contributed by atoms with Gasteiger partial charge in [-0.3, -0.25) is 14.2 Å². The maximum atomic E-state index is 12.4. The molecule has 2 heterocycles. The summed E-state index contributed by atoms with van der Waals surface area (Å²) in [5, 5.41) is 2.72. The van der Waals surface area contributed by atoms with Crippen molar-refractivity contribution in [2.24, 2.45) is 20.0 Å². The van der Waals surface area contributed by atoms with Gasteiger partial charge in [-0.2, -0.15) is 0 Å². The molecule has 0 aliphatic carbocycles. The molecule has 2 aromatic rings. The van der Waals surface area contributed by atoms with Crippen LogP contribution < -0.4 is 21.5 Å². The van der Waals surface area contributed by atoms with Crippen LogP contribution in [0.1, 0.15) is 30.1 Å². The van der Waals surface area contributed by atoms with Gasteiger partial charge in [0.15, 0.2) is 0 Å². The molecule has 1 aliphatic heterocycles. The molecule has 1 aromatic heterocycles. The number of anilines is 2. The first-order valence-electron chi connectivity index (χ1n) is 8.80. The average molecular weight is 356 g/mol. The number of aryl methyl sites for hydroxylation is 1. The monoisotopic (exact) mass is 356 g/mol. The van der Waals surface area contributed by atoms with Gasteiger partial charge in [0.1, 0.15) is 5.56 Å². The Morgan fingerprint density at radius 1 is 1.08 bits per heavy atom. The van der Waals surface area contributed by atoms with E-state index in [4.69, 9.17) is 0 Å². The third-order valence-electron chi connectivity index (χ3n) is 4.97. The number of aromatic nitrogens is 2. The SMILES string of the molecule is CC1CCN(c2ccc(NC(=O)c3cn(C)c(=O)n(C)c3=O)cc2)CC1. The molecule has 0 radical (unpaired) electrons. The van der Waals surface area contributed by atoms with E-state index in [9.17, 15) is 14.4 Å². The zero-order chi connectivity index (χ0) is 18.8. The van der Waals surface area contributed by atoms with Gasteiger partial charge in [0, 0.05) is 44.8 Å². The Hall–Kier alpha value is -2.83. The Morgan fingerprint density at radius 2 is 1.69 bits per heavy atom. The summed E-state index contributed by atoms with van der Waals surface area (Å²) in [5.74, 6) is 0.245. The highest BCUT2D eigenvalue weighted by Gasteiger charge is 2.17. The zero-order valence-electron chi connectivity index (χ0n) is 15.4. The summed E-state index contributed by atoms with van der Waals surface area (Å²) in [5.41, 5.74) is 0.605. The summed E-state index contributed by atoms with van der Waals surface area (Å²) in [6.07, 6.45) is 3.65. The maximum Gasteiger partial charge on any atom is 0.330 e. The molecule has 3 rings (SSSR count). The summed E-state index contributed by atoms with van der Waals surface area (Å²) < 4.78 is 2.14. The summed E-state index contributed by atoms with van der Waals surface area (Å²) in [7, 11) is 2.86. The largest absolute Gasteiger partial charge is 0.372 e. The number of rotatable bonds is 3. The third kappa shape index (κ3) is 3.56. The van der Waals surface area contributed by atoms with Gasteiger partial charge in [-0.25, -0.2) is 4.79 Å². The standard InChI is InChI=1S/C19H24N4O3/c1-13-8-10-23(11-9-13)15-6-4-14(5-7-15)20-17(24)16-12-21(2)19(26)22(3)18(16)25/h4-7,12-13H,8-11H2,1-3H3,(H,20,24). The first-order valence-corrected chi connectivity index (χ1v) is 8.80. The topological polar surface area (TPSA) is 76.3 Å². The van der Waals surface area contributed by atoms with E-state index < -0.39 is 17.2 Å². The quantitative estimate of drug-likeness (QED) is 0.906. The van der Waals surface area contributed by atoms with Crippen LogP contribution in [0.3, 0.4) is 0 Å². The highest BCUT2D eigenvalue weighted by Crippen LogP contribution is 2.24. The van der Waals surface area contributed by atoms with Crippen molar-refractivity contribution in [3.05, 3.63) is 56.9 Å². The Balaban J connectivity index is 1.74. The lowest BCUT2D eigenvalue weighted by Gasteiger charge is -2.32. The van der Waals surface area contributed by atoms with Crippen LogP contribution in [0.5, 0.6) is 0 Å². The molecular weight excluding hydrogens is 332 g/mol. The van der Waals surface area contributed by atoms with E-state index in [1.54, 1.807) is 0 Å². The number of nitrogens with zero attached hydrogens (tertiary/aromatic N) is 3. The molecule has 1 aliphatic rings. The van der Waals surface area contributed by atoms with Crippen molar-refractivity contribution < 1.29 is 4.79 Å². The Bertz CT molecular complexity index is 919. The molecule has 0 bridgehead atoms. The summed E-state index contributed by atoms with van der Waals surface area (Å²) in [4.78, 5) is 38.6. The van der Waals surface area contributed by atoms with E-state index in [-0.39, 0.29) is 5.56 Å². The molecule has 7 heteroatoms. The van der Waals surface area contributed by atoms with Gasteiger partial charge in [0.2, 0.25) is 0 Å². The lowest BCUT2D eigenvalue weighted by molar-refractivity contribution is 0.102. The maximum absolute atomic E-state index is 12.4. The van der Waals surface area contributed by atoms with E-state index in [1.807, 2.05) is 24.3 Å². The molecule has 1 fully saturated rings. The predicted molar refractivity (Wildman–Crippen MR) is 102 cm³/mol. The Morgan fingerprint density at radius 3 is 2.31 bits per heavy atom. The molecule has 0 atom stereocenters. The normalized spacial score (nSPS) is 15.1. The molecule has 1 aromatic carbocycles. The number of carbonyl (C=O) groups excluding carboxylic acids is 1. The van der Waals surface area contributed by atoms with Crippen LogP contribution in [0.15, 0.2) is 40.1 Å². The zero-order valence-corrected chi connectivity index (χ0v) is 15.4. The average Bonchev–Trinajstić information content (AvgIpc) is 2.64. The Kier molecular flexibility index (Phi) is 4.97. The van der Waals surface area contributed by atoms with Crippen molar-refractivity contribution in [1.29, 1.82) is 0 Å². The molecule has 0 unspecified atom stereocenters. The van der Waals surface area contributed by atoms with Crippen molar-refractivity contribution in [3.63, 3.8) is 0 Å². The number of amides is 1. The van der Waals surface area contributed by atoms with E-state index in [1.165, 1.54) is 37.7 Å². The minimum absolute atomic E-state index is 0.0660. The molecular formula is C19H24N4O3.